The van der Waals surface area contributed by atoms with Gasteiger partial charge < -0.3 is 10.2 Å². The summed E-state index contributed by atoms with van der Waals surface area (Å²) in [7, 11) is 0. The molecule has 4 rings (SSSR count). The summed E-state index contributed by atoms with van der Waals surface area (Å²) in [6, 6.07) is 1.94. The van der Waals surface area contributed by atoms with Gasteiger partial charge in [-0.15, -0.1) is 11.3 Å². The van der Waals surface area contributed by atoms with Crippen LogP contribution >= 0.6 is 22.7 Å². The molecule has 28 heavy (non-hydrogen) atoms. The Hall–Kier alpha value is -2.32. The Kier molecular flexibility index (Phi) is 5.16. The normalized spacial score (nSPS) is 15.2. The second-order valence-corrected chi connectivity index (χ2v) is 8.92. The molecule has 4 heterocycles. The Balaban J connectivity index is 1.44. The molecule has 0 unspecified atom stereocenters. The molecule has 8 heteroatoms. The van der Waals surface area contributed by atoms with Gasteiger partial charge in [-0.05, 0) is 50.6 Å². The fraction of sp³-hybridized carbons (Fsp3) is 0.400. The quantitative estimate of drug-likeness (QED) is 0.709. The summed E-state index contributed by atoms with van der Waals surface area (Å²) in [6.07, 6.45) is 1.53. The molecule has 0 bridgehead atoms. The molecule has 0 aromatic carbocycles. The van der Waals surface area contributed by atoms with Crippen LogP contribution in [0.5, 0.6) is 0 Å². The van der Waals surface area contributed by atoms with Gasteiger partial charge in [0.05, 0.1) is 4.88 Å². The van der Waals surface area contributed by atoms with E-state index in [1.54, 1.807) is 0 Å². The first-order valence-corrected chi connectivity index (χ1v) is 11.1. The summed E-state index contributed by atoms with van der Waals surface area (Å²) in [4.78, 5) is 37.8. The predicted octanol–water partition coefficient (Wildman–Crippen LogP) is 3.71. The van der Waals surface area contributed by atoms with E-state index in [-0.39, 0.29) is 17.9 Å². The van der Waals surface area contributed by atoms with Crippen LogP contribution in [0.3, 0.4) is 0 Å². The lowest BCUT2D eigenvalue weighted by Gasteiger charge is -2.32. The molecule has 3 aromatic rings. The topological polar surface area (TPSA) is 75.2 Å². The molecule has 0 spiro atoms. The smallest absolute Gasteiger partial charge is 0.264 e. The largest absolute Gasteiger partial charge is 0.349 e. The Morgan fingerprint density at radius 1 is 1.18 bits per heavy atom. The summed E-state index contributed by atoms with van der Waals surface area (Å²) < 4.78 is 0. The Labute approximate surface area is 171 Å². The van der Waals surface area contributed by atoms with Crippen molar-refractivity contribution >= 4 is 44.7 Å². The molecule has 1 saturated heterocycles. The predicted molar refractivity (Wildman–Crippen MR) is 112 cm³/mol. The van der Waals surface area contributed by atoms with Crippen molar-refractivity contribution in [2.75, 3.05) is 13.1 Å². The Morgan fingerprint density at radius 2 is 1.93 bits per heavy atom. The zero-order valence-electron chi connectivity index (χ0n) is 16.1. The molecule has 1 N–H and O–H groups in total. The Morgan fingerprint density at radius 3 is 2.61 bits per heavy atom. The van der Waals surface area contributed by atoms with E-state index >= 15 is 0 Å². The van der Waals surface area contributed by atoms with Crippen LogP contribution < -0.4 is 5.32 Å². The second kappa shape index (κ2) is 7.60. The van der Waals surface area contributed by atoms with E-state index in [0.717, 1.165) is 45.0 Å². The summed E-state index contributed by atoms with van der Waals surface area (Å²) in [6.45, 7) is 7.10. The molecule has 0 atom stereocenters. The summed E-state index contributed by atoms with van der Waals surface area (Å²) in [5.74, 6) is 0.753. The molecule has 3 aromatic heterocycles. The van der Waals surface area contributed by atoms with Crippen molar-refractivity contribution in [2.45, 2.75) is 39.7 Å². The standard InChI is InChI=1S/C20H22N4O2S2/c1-11-16-12(2)21-13(3)22-19(16)28-17(11)20(26)24-7-4-15(5-8-24)23-18(25)14-6-9-27-10-14/h6,9-10,15H,4-5,7-8H2,1-3H3,(H,23,25). The van der Waals surface area contributed by atoms with Crippen molar-refractivity contribution in [1.29, 1.82) is 0 Å². The van der Waals surface area contributed by atoms with Crippen LogP contribution in [-0.4, -0.2) is 45.8 Å². The van der Waals surface area contributed by atoms with Crippen molar-refractivity contribution in [3.8, 4) is 0 Å². The number of thiophene rings is 2. The third-order valence-electron chi connectivity index (χ3n) is 5.18. The second-order valence-electron chi connectivity index (χ2n) is 7.14. The average molecular weight is 415 g/mol. The number of nitrogens with zero attached hydrogens (tertiary/aromatic N) is 3. The van der Waals surface area contributed by atoms with E-state index in [1.165, 1.54) is 22.7 Å². The molecular formula is C20H22N4O2S2. The van der Waals surface area contributed by atoms with Crippen LogP contribution in [0.1, 0.15) is 50.0 Å². The monoisotopic (exact) mass is 414 g/mol. The lowest BCUT2D eigenvalue weighted by atomic mass is 10.0. The number of nitrogens with one attached hydrogen (secondary N) is 1. The molecular weight excluding hydrogens is 392 g/mol. The minimum atomic E-state index is -0.0317. The lowest BCUT2D eigenvalue weighted by Crippen LogP contribution is -2.46. The van der Waals surface area contributed by atoms with Gasteiger partial charge in [0.25, 0.3) is 11.8 Å². The van der Waals surface area contributed by atoms with Gasteiger partial charge in [0.15, 0.2) is 0 Å². The molecule has 0 radical (unpaired) electrons. The number of amides is 2. The number of hydrogen-bond acceptors (Lipinski definition) is 6. The number of carbonyl (C=O) groups is 2. The number of carbonyl (C=O) groups excluding carboxylic acids is 2. The zero-order chi connectivity index (χ0) is 19.8. The van der Waals surface area contributed by atoms with Gasteiger partial charge in [0, 0.05) is 41.2 Å². The highest BCUT2D eigenvalue weighted by atomic mass is 32.1. The van der Waals surface area contributed by atoms with Crippen LogP contribution in [-0.2, 0) is 0 Å². The average Bonchev–Trinajstić information content (AvgIpc) is 3.30. The van der Waals surface area contributed by atoms with E-state index in [1.807, 2.05) is 42.5 Å². The van der Waals surface area contributed by atoms with Gasteiger partial charge in [0.2, 0.25) is 0 Å². The van der Waals surface area contributed by atoms with Gasteiger partial charge in [-0.25, -0.2) is 9.97 Å². The minimum absolute atomic E-state index is 0.0317. The van der Waals surface area contributed by atoms with E-state index in [9.17, 15) is 9.59 Å². The number of likely N-dealkylation sites (tertiary alicyclic amines) is 1. The fourth-order valence-electron chi connectivity index (χ4n) is 3.71. The van der Waals surface area contributed by atoms with Crippen LogP contribution in [0, 0.1) is 20.8 Å². The fourth-order valence-corrected chi connectivity index (χ4v) is 5.59. The molecule has 2 amide bonds. The van der Waals surface area contributed by atoms with Crippen LogP contribution in [0.2, 0.25) is 0 Å². The lowest BCUT2D eigenvalue weighted by molar-refractivity contribution is 0.0702. The van der Waals surface area contributed by atoms with E-state index in [2.05, 4.69) is 15.3 Å². The van der Waals surface area contributed by atoms with Crippen molar-refractivity contribution in [3.05, 3.63) is 44.3 Å². The maximum absolute atomic E-state index is 13.1. The number of aryl methyl sites for hydroxylation is 3. The van der Waals surface area contributed by atoms with Crippen LogP contribution in [0.25, 0.3) is 10.2 Å². The van der Waals surface area contributed by atoms with E-state index in [4.69, 9.17) is 0 Å². The van der Waals surface area contributed by atoms with Gasteiger partial charge in [-0.2, -0.15) is 11.3 Å². The van der Waals surface area contributed by atoms with Gasteiger partial charge >= 0.3 is 0 Å². The number of fused-ring (bicyclic) bond motifs is 1. The highest BCUT2D eigenvalue weighted by Gasteiger charge is 2.28. The van der Waals surface area contributed by atoms with E-state index < -0.39 is 0 Å². The molecule has 6 nitrogen and oxygen atoms in total. The Bertz CT molecular complexity index is 1030. The number of hydrogen-bond donors (Lipinski definition) is 1. The third kappa shape index (κ3) is 3.54. The summed E-state index contributed by atoms with van der Waals surface area (Å²) in [5, 5.41) is 7.83. The summed E-state index contributed by atoms with van der Waals surface area (Å²) >= 11 is 2.97. The first kappa shape index (κ1) is 19.0. The van der Waals surface area contributed by atoms with Gasteiger partial charge in [-0.3, -0.25) is 9.59 Å². The highest BCUT2D eigenvalue weighted by Crippen LogP contribution is 2.32. The van der Waals surface area contributed by atoms with Gasteiger partial charge in [0.1, 0.15) is 10.7 Å². The molecule has 1 aliphatic heterocycles. The number of rotatable bonds is 3. The summed E-state index contributed by atoms with van der Waals surface area (Å²) in [5.41, 5.74) is 2.59. The van der Waals surface area contributed by atoms with Crippen molar-refractivity contribution in [2.24, 2.45) is 0 Å². The maximum Gasteiger partial charge on any atom is 0.264 e. The minimum Gasteiger partial charge on any atom is -0.349 e. The van der Waals surface area contributed by atoms with Gasteiger partial charge in [-0.1, -0.05) is 0 Å². The van der Waals surface area contributed by atoms with Crippen molar-refractivity contribution < 1.29 is 9.59 Å². The van der Waals surface area contributed by atoms with Crippen LogP contribution in [0.4, 0.5) is 0 Å². The number of aromatic nitrogens is 2. The molecule has 1 aliphatic rings. The van der Waals surface area contributed by atoms with E-state index in [0.29, 0.717) is 18.7 Å². The van der Waals surface area contributed by atoms with Crippen LogP contribution in [0.15, 0.2) is 16.8 Å². The molecule has 0 aliphatic carbocycles. The SMILES string of the molecule is Cc1nc(C)c2c(C)c(C(=O)N3CCC(NC(=O)c4ccsc4)CC3)sc2n1. The maximum atomic E-state index is 13.1. The van der Waals surface area contributed by atoms with Crippen molar-refractivity contribution in [1.82, 2.24) is 20.2 Å². The first-order chi connectivity index (χ1) is 13.4. The molecule has 0 saturated carbocycles. The first-order valence-electron chi connectivity index (χ1n) is 9.30. The zero-order valence-corrected chi connectivity index (χ0v) is 17.7. The molecule has 1 fully saturated rings. The third-order valence-corrected chi connectivity index (χ3v) is 7.03. The molecule has 146 valence electrons. The highest BCUT2D eigenvalue weighted by molar-refractivity contribution is 7.20. The van der Waals surface area contributed by atoms with Crippen molar-refractivity contribution in [3.63, 3.8) is 0 Å². The number of piperidine rings is 1.